The average molecular weight is 475 g/mol. The van der Waals surface area contributed by atoms with Crippen molar-refractivity contribution in [3.05, 3.63) is 65.7 Å². The van der Waals surface area contributed by atoms with Crippen molar-refractivity contribution in [2.45, 2.75) is 54.4 Å². The third-order valence-electron chi connectivity index (χ3n) is 4.04. The minimum atomic E-state index is -0.0457. The van der Waals surface area contributed by atoms with Crippen LogP contribution in [0.1, 0.15) is 65.5 Å². The molecule has 5 heteroatoms. The van der Waals surface area contributed by atoms with Gasteiger partial charge in [-0.05, 0) is 60.5 Å². The van der Waals surface area contributed by atoms with Crippen molar-refractivity contribution < 1.29 is 14.9 Å². The van der Waals surface area contributed by atoms with Crippen molar-refractivity contribution in [2.75, 3.05) is 6.61 Å². The van der Waals surface area contributed by atoms with Crippen LogP contribution in [0.5, 0.6) is 5.75 Å². The second-order valence-electron chi connectivity index (χ2n) is 7.60. The molecule has 0 fully saturated rings. The topological polar surface area (TPSA) is 49.7 Å². The van der Waals surface area contributed by atoms with E-state index in [4.69, 9.17) is 33.6 Å². The summed E-state index contributed by atoms with van der Waals surface area (Å²) in [5.41, 5.74) is 1.44. The van der Waals surface area contributed by atoms with E-state index in [9.17, 15) is 0 Å². The maximum absolute atomic E-state index is 9.00. The molecule has 0 heterocycles. The van der Waals surface area contributed by atoms with Gasteiger partial charge in [0.1, 0.15) is 12.4 Å². The maximum Gasteiger partial charge on any atom is 0.192 e. The number of aliphatic hydroxyl groups excluding tert-OH is 1. The summed E-state index contributed by atoms with van der Waals surface area (Å²) in [4.78, 5) is 0. The Labute approximate surface area is 205 Å². The number of rotatable bonds is 5. The Morgan fingerprint density at radius 2 is 1.31 bits per heavy atom. The lowest BCUT2D eigenvalue weighted by Crippen LogP contribution is -2.03. The molecule has 0 bridgehead atoms. The van der Waals surface area contributed by atoms with Crippen LogP contribution < -0.4 is 0 Å². The zero-order valence-electron chi connectivity index (χ0n) is 20.2. The molecule has 2 N–H and O–H groups in total. The number of ether oxygens (including phenoxy) is 1. The van der Waals surface area contributed by atoms with Gasteiger partial charge in [-0.25, -0.2) is 0 Å². The second kappa shape index (κ2) is 20.5. The molecular weight excluding hydrogens is 436 g/mol. The Morgan fingerprint density at radius 1 is 0.875 bits per heavy atom. The first-order valence-electron chi connectivity index (χ1n) is 10.8. The van der Waals surface area contributed by atoms with E-state index >= 15 is 0 Å². The number of hydrogen-bond donors (Lipinski definition) is 2. The van der Waals surface area contributed by atoms with Crippen molar-refractivity contribution in [1.82, 2.24) is 0 Å². The number of terminal acetylenes is 1. The molecule has 0 aliphatic rings. The molecule has 0 spiro atoms. The summed E-state index contributed by atoms with van der Waals surface area (Å²) in [6.45, 7) is 13.5. The number of hydrogen-bond acceptors (Lipinski definition) is 4. The predicted molar refractivity (Wildman–Crippen MR) is 146 cm³/mol. The van der Waals surface area contributed by atoms with Gasteiger partial charge < -0.3 is 14.9 Å². The Morgan fingerprint density at radius 3 is 1.62 bits per heavy atom. The fraction of sp³-hybridized carbons (Fsp3) is 0.407. The number of phenolic OH excluding ortho intramolecular Hbond substituents is 1. The minimum absolute atomic E-state index is 0.0457. The molecule has 0 atom stereocenters. The fourth-order valence-electron chi connectivity index (χ4n) is 1.37. The summed E-state index contributed by atoms with van der Waals surface area (Å²) in [5, 5.41) is 18.1. The summed E-state index contributed by atoms with van der Waals surface area (Å²) in [6, 6.07) is 15.5. The van der Waals surface area contributed by atoms with Gasteiger partial charge in [0.15, 0.2) is 10.1 Å². The lowest BCUT2D eigenvalue weighted by molar-refractivity contribution is 0.369. The number of aromatic hydroxyl groups is 1. The minimum Gasteiger partial charge on any atom is -0.508 e. The quantitative estimate of drug-likeness (QED) is 0.343. The van der Waals surface area contributed by atoms with E-state index in [1.807, 2.05) is 18.2 Å². The highest BCUT2D eigenvalue weighted by atomic mass is 32.1. The standard InChI is InChI=1S/C10H8O2S.C7H6OS.2C5H12/c1-2-7-12-10(13)8-3-5-9(11)6-4-8;8-7(9)6-4-2-1-3-5-6;2*1-4-5(2)3/h1,3-6,11H,7H2;1-5H,(H,8,9);2*5H,4H2,1-3H3. The molecule has 0 saturated carbocycles. The van der Waals surface area contributed by atoms with E-state index < -0.39 is 0 Å². The zero-order chi connectivity index (χ0) is 24.9. The van der Waals surface area contributed by atoms with E-state index in [0.717, 1.165) is 17.4 Å². The molecule has 2 aromatic carbocycles. The normalized spacial score (nSPS) is 9.09. The van der Waals surface area contributed by atoms with Crippen LogP contribution >= 0.6 is 24.4 Å². The molecule has 0 aromatic heterocycles. The van der Waals surface area contributed by atoms with Crippen LogP contribution in [0.3, 0.4) is 0 Å². The van der Waals surface area contributed by atoms with Crippen LogP contribution in [-0.4, -0.2) is 26.9 Å². The van der Waals surface area contributed by atoms with E-state index in [0.29, 0.717) is 10.6 Å². The van der Waals surface area contributed by atoms with Crippen LogP contribution in [0.15, 0.2) is 54.6 Å². The first-order valence-corrected chi connectivity index (χ1v) is 11.6. The van der Waals surface area contributed by atoms with Crippen LogP contribution in [-0.2, 0) is 4.74 Å². The van der Waals surface area contributed by atoms with E-state index in [1.165, 1.54) is 12.8 Å². The number of phenols is 1. The first-order chi connectivity index (χ1) is 15.1. The van der Waals surface area contributed by atoms with Gasteiger partial charge in [0.2, 0.25) is 0 Å². The van der Waals surface area contributed by atoms with Crippen molar-refractivity contribution in [1.29, 1.82) is 0 Å². The average Bonchev–Trinajstić information content (AvgIpc) is 2.79. The van der Waals surface area contributed by atoms with E-state index in [1.54, 1.807) is 36.4 Å². The molecule has 2 aromatic rings. The monoisotopic (exact) mass is 474 g/mol. The largest absolute Gasteiger partial charge is 0.508 e. The third kappa shape index (κ3) is 19.5. The maximum atomic E-state index is 9.00. The molecule has 0 aliphatic carbocycles. The molecule has 0 amide bonds. The SMILES string of the molecule is C#CCOC(=S)c1ccc(O)cc1.CCC(C)C.CCC(C)C.OC(=S)c1ccccc1. The van der Waals surface area contributed by atoms with Gasteiger partial charge in [-0.1, -0.05) is 90.6 Å². The summed E-state index contributed by atoms with van der Waals surface area (Å²) in [5.74, 6) is 4.29. The number of aliphatic hydroxyl groups is 1. The van der Waals surface area contributed by atoms with E-state index in [2.05, 4.69) is 59.7 Å². The predicted octanol–water partition coefficient (Wildman–Crippen LogP) is 7.74. The first kappa shape index (κ1) is 31.8. The molecule has 0 aliphatic heterocycles. The second-order valence-corrected chi connectivity index (χ2v) is 8.36. The van der Waals surface area contributed by atoms with Gasteiger partial charge in [-0.15, -0.1) is 6.42 Å². The van der Waals surface area contributed by atoms with Crippen molar-refractivity contribution in [2.24, 2.45) is 11.8 Å². The molecule has 176 valence electrons. The summed E-state index contributed by atoms with van der Waals surface area (Å²) >= 11 is 9.45. The number of benzene rings is 2. The van der Waals surface area contributed by atoms with Gasteiger partial charge in [0.25, 0.3) is 0 Å². The Kier molecular flexibility index (Phi) is 20.3. The van der Waals surface area contributed by atoms with Crippen molar-refractivity contribution >= 4 is 34.5 Å². The highest BCUT2D eigenvalue weighted by Gasteiger charge is 2.00. The van der Waals surface area contributed by atoms with Crippen LogP contribution in [0, 0.1) is 24.2 Å². The molecule has 0 radical (unpaired) electrons. The number of thiocarbonyl (C=S) groups is 2. The van der Waals surface area contributed by atoms with Crippen LogP contribution in [0.25, 0.3) is 0 Å². The lowest BCUT2D eigenvalue weighted by atomic mass is 10.2. The van der Waals surface area contributed by atoms with Gasteiger partial charge in [0.05, 0.1) is 0 Å². The van der Waals surface area contributed by atoms with Crippen molar-refractivity contribution in [3.63, 3.8) is 0 Å². The Bertz CT molecular complexity index is 769. The summed E-state index contributed by atoms with van der Waals surface area (Å²) in [6.07, 6.45) is 7.62. The molecule has 0 saturated heterocycles. The lowest BCUT2D eigenvalue weighted by Gasteiger charge is -2.03. The molecular formula is C27H38O3S2. The molecule has 32 heavy (non-hydrogen) atoms. The summed E-state index contributed by atoms with van der Waals surface area (Å²) in [7, 11) is 0. The van der Waals surface area contributed by atoms with Gasteiger partial charge in [-0.3, -0.25) is 0 Å². The highest BCUT2D eigenvalue weighted by molar-refractivity contribution is 7.80. The van der Waals surface area contributed by atoms with E-state index in [-0.39, 0.29) is 17.4 Å². The van der Waals surface area contributed by atoms with Crippen LogP contribution in [0.4, 0.5) is 0 Å². The highest BCUT2D eigenvalue weighted by Crippen LogP contribution is 2.11. The zero-order valence-corrected chi connectivity index (χ0v) is 21.8. The van der Waals surface area contributed by atoms with Crippen molar-refractivity contribution in [3.8, 4) is 18.1 Å². The Balaban J connectivity index is 0. The molecule has 3 nitrogen and oxygen atoms in total. The summed E-state index contributed by atoms with van der Waals surface area (Å²) < 4.78 is 5.03. The van der Waals surface area contributed by atoms with Gasteiger partial charge in [-0.2, -0.15) is 0 Å². The van der Waals surface area contributed by atoms with Gasteiger partial charge >= 0.3 is 0 Å². The molecule has 0 unspecified atom stereocenters. The molecule has 2 rings (SSSR count). The van der Waals surface area contributed by atoms with Crippen LogP contribution in [0.2, 0.25) is 0 Å². The fourth-order valence-corrected chi connectivity index (χ4v) is 1.70. The smallest absolute Gasteiger partial charge is 0.192 e. The van der Waals surface area contributed by atoms with Gasteiger partial charge in [0, 0.05) is 11.1 Å². The Hall–Kier alpha value is -2.42. The third-order valence-corrected chi connectivity index (χ3v) is 4.63.